The van der Waals surface area contributed by atoms with Crippen molar-refractivity contribution < 1.29 is 19.5 Å². The Kier molecular flexibility index (Phi) is 3.88. The number of aliphatic carboxylic acids is 1. The van der Waals surface area contributed by atoms with Crippen molar-refractivity contribution in [3.8, 4) is 0 Å². The average molecular weight is 388 g/mol. The van der Waals surface area contributed by atoms with Crippen molar-refractivity contribution in [1.29, 1.82) is 0 Å². The van der Waals surface area contributed by atoms with Gasteiger partial charge in [-0.25, -0.2) is 0 Å². The molecule has 0 aliphatic carbocycles. The normalized spacial score (nSPS) is 33.8. The van der Waals surface area contributed by atoms with Gasteiger partial charge in [-0.1, -0.05) is 30.3 Å². The third-order valence-electron chi connectivity index (χ3n) is 5.63. The van der Waals surface area contributed by atoms with Gasteiger partial charge in [-0.3, -0.25) is 14.9 Å². The van der Waals surface area contributed by atoms with Crippen LogP contribution in [0.3, 0.4) is 0 Å². The van der Waals surface area contributed by atoms with Gasteiger partial charge in [-0.05, 0) is 33.3 Å². The summed E-state index contributed by atoms with van der Waals surface area (Å²) in [6.07, 6.45) is 0. The zero-order valence-electron chi connectivity index (χ0n) is 15.6. The van der Waals surface area contributed by atoms with Crippen LogP contribution in [0.15, 0.2) is 30.3 Å². The summed E-state index contributed by atoms with van der Waals surface area (Å²) in [6.45, 7) is 7.32. The SMILES string of the molecule is CC1(C)S[C@@H]2[C@@H](N3C(=O)[C@@H](c4ccccc4)NC3(C)C)C(=O)N2[C@H]1C(=O)[O-]. The number of carbonyl (C=O) groups is 3. The highest BCUT2D eigenvalue weighted by molar-refractivity contribution is 8.01. The van der Waals surface area contributed by atoms with Crippen LogP contribution in [0.1, 0.15) is 39.3 Å². The first kappa shape index (κ1) is 18.3. The molecule has 3 aliphatic rings. The maximum absolute atomic E-state index is 13.2. The summed E-state index contributed by atoms with van der Waals surface area (Å²) in [5, 5.41) is 14.5. The second kappa shape index (κ2) is 5.72. The predicted octanol–water partition coefficient (Wildman–Crippen LogP) is 0.0764. The van der Waals surface area contributed by atoms with Crippen LogP contribution in [0.2, 0.25) is 0 Å². The molecule has 3 fully saturated rings. The third-order valence-corrected chi connectivity index (χ3v) is 7.19. The molecule has 7 nitrogen and oxygen atoms in total. The molecule has 8 heteroatoms. The van der Waals surface area contributed by atoms with E-state index >= 15 is 0 Å². The van der Waals surface area contributed by atoms with E-state index in [1.54, 1.807) is 18.7 Å². The molecule has 144 valence electrons. The summed E-state index contributed by atoms with van der Waals surface area (Å²) in [5.74, 6) is -1.75. The number of hydrogen-bond acceptors (Lipinski definition) is 6. The number of fused-ring (bicyclic) bond motifs is 1. The molecule has 3 heterocycles. The molecule has 1 aromatic carbocycles. The minimum Gasteiger partial charge on any atom is -0.548 e. The van der Waals surface area contributed by atoms with Crippen LogP contribution < -0.4 is 10.4 Å². The molecule has 0 radical (unpaired) electrons. The van der Waals surface area contributed by atoms with Crippen molar-refractivity contribution in [1.82, 2.24) is 15.1 Å². The Morgan fingerprint density at radius 3 is 2.33 bits per heavy atom. The van der Waals surface area contributed by atoms with E-state index in [4.69, 9.17) is 0 Å². The fraction of sp³-hybridized carbons (Fsp3) is 0.526. The third kappa shape index (κ3) is 2.50. The highest BCUT2D eigenvalue weighted by atomic mass is 32.2. The van der Waals surface area contributed by atoms with E-state index in [9.17, 15) is 19.5 Å². The summed E-state index contributed by atoms with van der Waals surface area (Å²) < 4.78 is -0.674. The number of benzene rings is 1. The van der Waals surface area contributed by atoms with Gasteiger partial charge in [0, 0.05) is 4.75 Å². The number of β-lactam (4-membered cyclic amide) rings is 1. The number of carboxylic acid groups (broad SMARTS) is 1. The van der Waals surface area contributed by atoms with Crippen molar-refractivity contribution >= 4 is 29.5 Å². The zero-order valence-corrected chi connectivity index (χ0v) is 16.4. The molecule has 4 atom stereocenters. The molecule has 1 aromatic rings. The molecule has 0 aromatic heterocycles. The van der Waals surface area contributed by atoms with Gasteiger partial charge in [0.15, 0.2) is 0 Å². The Morgan fingerprint density at radius 2 is 1.74 bits per heavy atom. The highest BCUT2D eigenvalue weighted by Gasteiger charge is 2.66. The summed E-state index contributed by atoms with van der Waals surface area (Å²) in [7, 11) is 0. The van der Waals surface area contributed by atoms with Gasteiger partial charge in [0.2, 0.25) is 11.8 Å². The molecule has 2 amide bonds. The van der Waals surface area contributed by atoms with Crippen LogP contribution in [0.25, 0.3) is 0 Å². The van der Waals surface area contributed by atoms with Gasteiger partial charge in [-0.15, -0.1) is 11.8 Å². The van der Waals surface area contributed by atoms with Crippen LogP contribution in [-0.2, 0) is 14.4 Å². The summed E-state index contributed by atoms with van der Waals surface area (Å²) in [6, 6.07) is 7.19. The van der Waals surface area contributed by atoms with Gasteiger partial charge in [0.1, 0.15) is 17.5 Å². The Balaban J connectivity index is 1.65. The first-order valence-corrected chi connectivity index (χ1v) is 9.81. The van der Waals surface area contributed by atoms with Crippen LogP contribution in [0, 0.1) is 0 Å². The number of hydrogen-bond donors (Lipinski definition) is 1. The molecule has 0 saturated carbocycles. The molecule has 1 N–H and O–H groups in total. The number of nitrogens with zero attached hydrogens (tertiary/aromatic N) is 2. The van der Waals surface area contributed by atoms with Crippen molar-refractivity contribution in [2.75, 3.05) is 0 Å². The van der Waals surface area contributed by atoms with E-state index in [-0.39, 0.29) is 17.2 Å². The van der Waals surface area contributed by atoms with E-state index in [0.29, 0.717) is 0 Å². The van der Waals surface area contributed by atoms with Crippen molar-refractivity contribution in [3.05, 3.63) is 35.9 Å². The van der Waals surface area contributed by atoms with E-state index in [1.807, 2.05) is 44.2 Å². The van der Waals surface area contributed by atoms with E-state index in [0.717, 1.165) is 5.56 Å². The molecule has 0 unspecified atom stereocenters. The summed E-state index contributed by atoms with van der Waals surface area (Å²) in [5.41, 5.74) is 0.114. The first-order chi connectivity index (χ1) is 12.6. The Morgan fingerprint density at radius 1 is 1.11 bits per heavy atom. The van der Waals surface area contributed by atoms with E-state index in [2.05, 4.69) is 5.32 Å². The highest BCUT2D eigenvalue weighted by Crippen LogP contribution is 2.53. The fourth-order valence-electron chi connectivity index (χ4n) is 4.47. The van der Waals surface area contributed by atoms with E-state index < -0.39 is 34.5 Å². The fourth-order valence-corrected chi connectivity index (χ4v) is 6.13. The monoisotopic (exact) mass is 388 g/mol. The quantitative estimate of drug-likeness (QED) is 0.737. The lowest BCUT2D eigenvalue weighted by molar-refractivity contribution is -0.312. The van der Waals surface area contributed by atoms with Crippen molar-refractivity contribution in [2.45, 2.75) is 61.6 Å². The topological polar surface area (TPSA) is 92.8 Å². The standard InChI is InChI=1S/C19H23N3O4S/c1-18(2)13(17(25)26)21-15(24)12(16(21)27-18)22-14(23)11(20-19(22,3)4)10-8-6-5-7-9-10/h5-9,11-13,16,20H,1-4H3,(H,25,26)/p-1/t11-,12+,13+,16-/m1/s1. The number of amides is 2. The molecule has 4 rings (SSSR count). The molecule has 0 spiro atoms. The lowest BCUT2D eigenvalue weighted by Gasteiger charge is -2.51. The molecule has 3 aliphatic heterocycles. The van der Waals surface area contributed by atoms with Gasteiger partial charge >= 0.3 is 0 Å². The summed E-state index contributed by atoms with van der Waals surface area (Å²) >= 11 is 1.42. The molecule has 0 bridgehead atoms. The second-order valence-corrected chi connectivity index (χ2v) is 10.0. The minimum atomic E-state index is -1.26. The second-order valence-electron chi connectivity index (χ2n) is 8.28. The number of carbonyl (C=O) groups excluding carboxylic acids is 3. The van der Waals surface area contributed by atoms with Crippen molar-refractivity contribution in [2.24, 2.45) is 0 Å². The smallest absolute Gasteiger partial charge is 0.250 e. The van der Waals surface area contributed by atoms with Gasteiger partial charge in [-0.2, -0.15) is 0 Å². The van der Waals surface area contributed by atoms with E-state index in [1.165, 1.54) is 16.7 Å². The molecule has 27 heavy (non-hydrogen) atoms. The van der Waals surface area contributed by atoms with Crippen LogP contribution in [0.5, 0.6) is 0 Å². The average Bonchev–Trinajstić information content (AvgIpc) is 2.98. The lowest BCUT2D eigenvalue weighted by Crippen LogP contribution is -2.74. The number of thioether (sulfide) groups is 1. The molecule has 3 saturated heterocycles. The number of nitrogens with one attached hydrogen (secondary N) is 1. The largest absolute Gasteiger partial charge is 0.548 e. The Labute approximate surface area is 162 Å². The molecular weight excluding hydrogens is 366 g/mol. The number of rotatable bonds is 3. The van der Waals surface area contributed by atoms with Crippen LogP contribution in [0.4, 0.5) is 0 Å². The molecular formula is C19H22N3O4S-. The lowest BCUT2D eigenvalue weighted by atomic mass is 9.94. The minimum absolute atomic E-state index is 0.167. The zero-order chi connectivity index (χ0) is 19.7. The maximum atomic E-state index is 13.2. The maximum Gasteiger partial charge on any atom is 0.250 e. The Hall–Kier alpha value is -2.06. The van der Waals surface area contributed by atoms with Gasteiger partial charge < -0.3 is 19.7 Å². The summed E-state index contributed by atoms with van der Waals surface area (Å²) in [4.78, 5) is 40.7. The van der Waals surface area contributed by atoms with Gasteiger partial charge in [0.05, 0.1) is 17.7 Å². The van der Waals surface area contributed by atoms with Crippen molar-refractivity contribution in [3.63, 3.8) is 0 Å². The number of carboxylic acids is 1. The van der Waals surface area contributed by atoms with Crippen LogP contribution >= 0.6 is 11.8 Å². The predicted molar refractivity (Wildman–Crippen MR) is 98.1 cm³/mol. The Bertz CT molecular complexity index is 826. The first-order valence-electron chi connectivity index (χ1n) is 8.93. The van der Waals surface area contributed by atoms with Crippen LogP contribution in [-0.4, -0.2) is 55.5 Å². The van der Waals surface area contributed by atoms with Gasteiger partial charge in [0.25, 0.3) is 0 Å².